The van der Waals surface area contributed by atoms with Crippen molar-refractivity contribution in [3.8, 4) is 0 Å². The second kappa shape index (κ2) is 3.67. The van der Waals surface area contributed by atoms with Crippen LogP contribution in [-0.4, -0.2) is 4.87 Å². The highest BCUT2D eigenvalue weighted by Gasteiger charge is 2.70. The Kier molecular flexibility index (Phi) is 2.67. The van der Waals surface area contributed by atoms with E-state index in [1.165, 1.54) is 44.1 Å². The number of halogens is 2. The van der Waals surface area contributed by atoms with E-state index in [0.29, 0.717) is 5.41 Å². The van der Waals surface area contributed by atoms with E-state index in [-0.39, 0.29) is 10.3 Å². The summed E-state index contributed by atoms with van der Waals surface area (Å²) in [6, 6.07) is 0. The molecule has 0 saturated heterocycles. The third-order valence-electron chi connectivity index (χ3n) is 6.16. The lowest BCUT2D eigenvalue weighted by atomic mass is 9.61. The van der Waals surface area contributed by atoms with Gasteiger partial charge in [0.05, 0.1) is 4.87 Å². The van der Waals surface area contributed by atoms with Gasteiger partial charge in [0.2, 0.25) is 0 Å². The van der Waals surface area contributed by atoms with Crippen LogP contribution in [-0.2, 0) is 0 Å². The number of rotatable bonds is 0. The van der Waals surface area contributed by atoms with Crippen molar-refractivity contribution in [3.05, 3.63) is 11.1 Å². The summed E-state index contributed by atoms with van der Waals surface area (Å²) < 4.78 is 0. The van der Waals surface area contributed by atoms with Crippen LogP contribution in [0.25, 0.3) is 0 Å². The monoisotopic (exact) mass is 272 g/mol. The molecule has 0 nitrogen and oxygen atoms in total. The number of hydrogen-bond acceptors (Lipinski definition) is 0. The van der Waals surface area contributed by atoms with E-state index in [1.807, 2.05) is 5.54 Å². The lowest BCUT2D eigenvalue weighted by molar-refractivity contribution is 0.108. The molecule has 0 aromatic rings. The van der Waals surface area contributed by atoms with E-state index in [1.54, 1.807) is 0 Å². The molecule has 0 aromatic heterocycles. The Balaban J connectivity index is 2.13. The van der Waals surface area contributed by atoms with Gasteiger partial charge in [-0.15, -0.1) is 11.6 Å². The summed E-state index contributed by atoms with van der Waals surface area (Å²) in [7, 11) is 0. The van der Waals surface area contributed by atoms with Gasteiger partial charge in [-0.1, -0.05) is 44.7 Å². The van der Waals surface area contributed by atoms with E-state index >= 15 is 0 Å². The quantitative estimate of drug-likeness (QED) is 0.512. The van der Waals surface area contributed by atoms with Gasteiger partial charge in [-0.3, -0.25) is 0 Å². The lowest BCUT2D eigenvalue weighted by Crippen LogP contribution is -2.35. The van der Waals surface area contributed by atoms with Gasteiger partial charge in [-0.2, -0.15) is 0 Å². The predicted molar refractivity (Wildman–Crippen MR) is 74.5 cm³/mol. The minimum atomic E-state index is -0.156. The Hall–Kier alpha value is 0.320. The summed E-state index contributed by atoms with van der Waals surface area (Å²) in [5.41, 5.74) is 3.80. The molecule has 2 heteroatoms. The zero-order valence-electron chi connectivity index (χ0n) is 10.9. The molecule has 3 rings (SSSR count). The summed E-state index contributed by atoms with van der Waals surface area (Å²) in [4.78, 5) is -0.156. The molecule has 0 heterocycles. The maximum atomic E-state index is 7.02. The summed E-state index contributed by atoms with van der Waals surface area (Å²) >= 11 is 13.2. The average Bonchev–Trinajstić information content (AvgIpc) is 2.59. The van der Waals surface area contributed by atoms with Gasteiger partial charge in [0.25, 0.3) is 0 Å². The Morgan fingerprint density at radius 3 is 2.35 bits per heavy atom. The van der Waals surface area contributed by atoms with Crippen molar-refractivity contribution in [2.75, 3.05) is 0 Å². The van der Waals surface area contributed by atoms with Crippen molar-refractivity contribution < 1.29 is 0 Å². The van der Waals surface area contributed by atoms with Crippen LogP contribution in [0.5, 0.6) is 0 Å². The Morgan fingerprint density at radius 2 is 1.76 bits per heavy atom. The van der Waals surface area contributed by atoms with Crippen molar-refractivity contribution in [2.45, 2.75) is 63.7 Å². The summed E-state index contributed by atoms with van der Waals surface area (Å²) in [5.74, 6) is 0.748. The first-order valence-electron chi connectivity index (χ1n) is 6.99. The van der Waals surface area contributed by atoms with E-state index in [4.69, 9.17) is 23.2 Å². The first kappa shape index (κ1) is 12.4. The highest BCUT2D eigenvalue weighted by atomic mass is 35.5. The summed E-state index contributed by atoms with van der Waals surface area (Å²) in [6.45, 7) is 4.73. The van der Waals surface area contributed by atoms with Gasteiger partial charge < -0.3 is 0 Å². The molecule has 3 fully saturated rings. The third-order valence-corrected chi connectivity index (χ3v) is 7.25. The molecule has 0 N–H and O–H groups in total. The highest BCUT2D eigenvalue weighted by Crippen LogP contribution is 2.75. The van der Waals surface area contributed by atoms with Gasteiger partial charge in [-0.25, -0.2) is 0 Å². The van der Waals surface area contributed by atoms with Crippen LogP contribution in [0.15, 0.2) is 11.1 Å². The maximum absolute atomic E-state index is 7.02. The van der Waals surface area contributed by atoms with Crippen molar-refractivity contribution in [1.82, 2.24) is 0 Å². The van der Waals surface area contributed by atoms with Crippen molar-refractivity contribution in [3.63, 3.8) is 0 Å². The van der Waals surface area contributed by atoms with Gasteiger partial charge in [0.1, 0.15) is 0 Å². The molecule has 0 aliphatic heterocycles. The fraction of sp³-hybridized carbons (Fsp3) is 0.867. The van der Waals surface area contributed by atoms with Crippen LogP contribution < -0.4 is 0 Å². The van der Waals surface area contributed by atoms with E-state index in [2.05, 4.69) is 13.8 Å². The average molecular weight is 273 g/mol. The van der Waals surface area contributed by atoms with Crippen molar-refractivity contribution >= 4 is 23.2 Å². The van der Waals surface area contributed by atoms with Crippen molar-refractivity contribution in [1.29, 1.82) is 0 Å². The van der Waals surface area contributed by atoms with Gasteiger partial charge in [0, 0.05) is 5.54 Å². The van der Waals surface area contributed by atoms with E-state index in [9.17, 15) is 0 Å². The molecule has 2 bridgehead atoms. The largest absolute Gasteiger partial charge is 0.114 e. The van der Waals surface area contributed by atoms with Gasteiger partial charge in [-0.05, 0) is 48.0 Å². The zero-order chi connectivity index (χ0) is 12.3. The Labute approximate surface area is 115 Å². The van der Waals surface area contributed by atoms with Crippen LogP contribution in [0.4, 0.5) is 0 Å². The standard InChI is InChI=1S/C15H22Cl2/c1-13(2)11-6-9-15(13,17)12(10-16)14(11)7-4-3-5-8-14/h10-11H,3-9H2,1-2H3/b12-10-. The SMILES string of the molecule is CC1(C)C2CCC1(Cl)/C(=C\Cl)C21CCCCC1. The molecule has 0 radical (unpaired) electrons. The second-order valence-electron chi connectivity index (χ2n) is 6.85. The van der Waals surface area contributed by atoms with Gasteiger partial charge in [0.15, 0.2) is 0 Å². The molecule has 3 aliphatic carbocycles. The number of hydrogen-bond donors (Lipinski definition) is 0. The molecule has 2 atom stereocenters. The van der Waals surface area contributed by atoms with Crippen LogP contribution in [0, 0.1) is 16.7 Å². The number of alkyl halides is 1. The molecule has 0 amide bonds. The number of fused-ring (bicyclic) bond motifs is 3. The van der Waals surface area contributed by atoms with Crippen molar-refractivity contribution in [2.24, 2.45) is 16.7 Å². The Bertz CT molecular complexity index is 363. The topological polar surface area (TPSA) is 0 Å². The van der Waals surface area contributed by atoms with Gasteiger partial charge >= 0.3 is 0 Å². The summed E-state index contributed by atoms with van der Waals surface area (Å²) in [6.07, 6.45) is 9.14. The molecule has 3 saturated carbocycles. The molecular formula is C15H22Cl2. The molecule has 2 unspecified atom stereocenters. The predicted octanol–water partition coefficient (Wildman–Crippen LogP) is 5.49. The first-order valence-corrected chi connectivity index (χ1v) is 7.81. The Morgan fingerprint density at radius 1 is 1.12 bits per heavy atom. The summed E-state index contributed by atoms with van der Waals surface area (Å²) in [5, 5.41) is 0. The van der Waals surface area contributed by atoms with Crippen LogP contribution >= 0.6 is 23.2 Å². The highest BCUT2D eigenvalue weighted by molar-refractivity contribution is 6.30. The molecular weight excluding hydrogens is 251 g/mol. The first-order chi connectivity index (χ1) is 7.99. The molecule has 17 heavy (non-hydrogen) atoms. The van der Waals surface area contributed by atoms with Crippen LogP contribution in [0.3, 0.4) is 0 Å². The minimum absolute atomic E-state index is 0.156. The fourth-order valence-electron chi connectivity index (χ4n) is 5.33. The second-order valence-corrected chi connectivity index (χ2v) is 7.72. The normalized spacial score (nSPS) is 44.7. The molecule has 96 valence electrons. The lowest BCUT2D eigenvalue weighted by Gasteiger charge is -2.44. The molecule has 0 aromatic carbocycles. The molecule has 3 aliphatic rings. The van der Waals surface area contributed by atoms with E-state index in [0.717, 1.165) is 12.3 Å². The van der Waals surface area contributed by atoms with Crippen LogP contribution in [0.1, 0.15) is 58.8 Å². The molecule has 1 spiro atoms. The zero-order valence-corrected chi connectivity index (χ0v) is 12.4. The van der Waals surface area contributed by atoms with E-state index < -0.39 is 0 Å². The fourth-order valence-corrected chi connectivity index (χ4v) is 6.27. The number of allylic oxidation sites excluding steroid dienone is 1. The third kappa shape index (κ3) is 1.27. The minimum Gasteiger partial charge on any atom is -0.114 e. The maximum Gasteiger partial charge on any atom is 0.0725 e. The van der Waals surface area contributed by atoms with Crippen LogP contribution in [0.2, 0.25) is 0 Å². The smallest absolute Gasteiger partial charge is 0.0725 e.